The molecule has 0 unspecified atom stereocenters. The number of aromatic amines is 1. The molecule has 4 N–H and O–H groups in total. The number of anilines is 1. The van der Waals surface area contributed by atoms with E-state index in [1.165, 1.54) is 6.20 Å². The molecule has 0 amide bonds. The first-order valence-electron chi connectivity index (χ1n) is 4.04. The van der Waals surface area contributed by atoms with Crippen molar-refractivity contribution >= 4 is 5.69 Å². The summed E-state index contributed by atoms with van der Waals surface area (Å²) in [6.45, 7) is 0. The lowest BCUT2D eigenvalue weighted by molar-refractivity contribution is 0.441. The number of hydrogen-bond donors (Lipinski definition) is 3. The molecule has 14 heavy (non-hydrogen) atoms. The van der Waals surface area contributed by atoms with Crippen LogP contribution in [-0.4, -0.2) is 14.7 Å². The van der Waals surface area contributed by atoms with Crippen molar-refractivity contribution in [1.29, 1.82) is 0 Å². The van der Waals surface area contributed by atoms with E-state index in [9.17, 15) is 9.90 Å². The summed E-state index contributed by atoms with van der Waals surface area (Å²) in [5, 5.41) is 9.37. The summed E-state index contributed by atoms with van der Waals surface area (Å²) in [7, 11) is 0. The maximum absolute atomic E-state index is 11.3. The first-order valence-corrected chi connectivity index (χ1v) is 4.04. The van der Waals surface area contributed by atoms with Crippen molar-refractivity contribution in [2.24, 2.45) is 0 Å². The van der Waals surface area contributed by atoms with E-state index in [1.54, 1.807) is 24.3 Å². The molecule has 0 bridgehead atoms. The van der Waals surface area contributed by atoms with E-state index in [2.05, 4.69) is 4.98 Å². The van der Waals surface area contributed by atoms with Gasteiger partial charge in [-0.3, -0.25) is 0 Å². The van der Waals surface area contributed by atoms with Gasteiger partial charge in [-0.05, 0) is 18.2 Å². The topological polar surface area (TPSA) is 84.0 Å². The van der Waals surface area contributed by atoms with Crippen LogP contribution in [-0.2, 0) is 0 Å². The summed E-state index contributed by atoms with van der Waals surface area (Å²) in [5.41, 5.74) is 6.24. The SMILES string of the molecule is Nc1cccc(-n2c(O)c[nH]c2=O)c1. The van der Waals surface area contributed by atoms with Gasteiger partial charge in [-0.25, -0.2) is 9.36 Å². The molecule has 0 spiro atoms. The number of nitrogens with one attached hydrogen (secondary N) is 1. The molecule has 0 aliphatic carbocycles. The number of H-pyrrole nitrogens is 1. The van der Waals surface area contributed by atoms with Crippen molar-refractivity contribution in [1.82, 2.24) is 9.55 Å². The summed E-state index contributed by atoms with van der Waals surface area (Å²) < 4.78 is 1.14. The Morgan fingerprint density at radius 1 is 1.43 bits per heavy atom. The Hall–Kier alpha value is -2.17. The zero-order valence-electron chi connectivity index (χ0n) is 7.27. The maximum Gasteiger partial charge on any atom is 0.333 e. The number of aromatic nitrogens is 2. The summed E-state index contributed by atoms with van der Waals surface area (Å²) in [4.78, 5) is 13.6. The first kappa shape index (κ1) is 8.43. The minimum Gasteiger partial charge on any atom is -0.493 e. The Bertz CT molecular complexity index is 513. The lowest BCUT2D eigenvalue weighted by Crippen LogP contribution is -2.14. The van der Waals surface area contributed by atoms with E-state index in [4.69, 9.17) is 5.73 Å². The Kier molecular flexibility index (Phi) is 1.78. The second-order valence-electron chi connectivity index (χ2n) is 2.88. The van der Waals surface area contributed by atoms with E-state index < -0.39 is 5.69 Å². The van der Waals surface area contributed by atoms with Crippen LogP contribution >= 0.6 is 0 Å². The zero-order valence-corrected chi connectivity index (χ0v) is 7.27. The number of imidazole rings is 1. The van der Waals surface area contributed by atoms with E-state index in [1.807, 2.05) is 0 Å². The van der Waals surface area contributed by atoms with Crippen molar-refractivity contribution in [3.63, 3.8) is 0 Å². The molecule has 1 aromatic heterocycles. The average molecular weight is 191 g/mol. The molecular formula is C9H9N3O2. The fraction of sp³-hybridized carbons (Fsp3) is 0. The molecule has 1 heterocycles. The number of nitrogens with two attached hydrogens (primary N) is 1. The van der Waals surface area contributed by atoms with Crippen molar-refractivity contribution < 1.29 is 5.11 Å². The second-order valence-corrected chi connectivity index (χ2v) is 2.88. The number of nitrogens with zero attached hydrogens (tertiary/aromatic N) is 1. The highest BCUT2D eigenvalue weighted by molar-refractivity contribution is 5.48. The van der Waals surface area contributed by atoms with Gasteiger partial charge in [-0.1, -0.05) is 6.07 Å². The largest absolute Gasteiger partial charge is 0.493 e. The molecule has 0 fully saturated rings. The van der Waals surface area contributed by atoms with Crippen LogP contribution in [0.5, 0.6) is 5.88 Å². The number of aromatic hydroxyl groups is 1. The van der Waals surface area contributed by atoms with Crippen molar-refractivity contribution in [2.75, 3.05) is 5.73 Å². The van der Waals surface area contributed by atoms with Crippen LogP contribution in [0, 0.1) is 0 Å². The minimum atomic E-state index is -0.395. The maximum atomic E-state index is 11.3. The average Bonchev–Trinajstić information content (AvgIpc) is 2.46. The molecule has 1 aromatic carbocycles. The van der Waals surface area contributed by atoms with E-state index in [0.717, 1.165) is 4.57 Å². The molecule has 0 saturated heterocycles. The summed E-state index contributed by atoms with van der Waals surface area (Å²) in [6.07, 6.45) is 1.23. The highest BCUT2D eigenvalue weighted by Gasteiger charge is 2.06. The minimum absolute atomic E-state index is 0.138. The van der Waals surface area contributed by atoms with Crippen LogP contribution in [0.4, 0.5) is 5.69 Å². The molecule has 0 atom stereocenters. The van der Waals surface area contributed by atoms with Gasteiger partial charge in [0.05, 0.1) is 11.9 Å². The molecule has 72 valence electrons. The van der Waals surface area contributed by atoms with Crippen molar-refractivity contribution in [2.45, 2.75) is 0 Å². The Morgan fingerprint density at radius 2 is 2.21 bits per heavy atom. The fourth-order valence-corrected chi connectivity index (χ4v) is 1.27. The molecular weight excluding hydrogens is 182 g/mol. The number of nitrogen functional groups attached to an aromatic ring is 1. The van der Waals surface area contributed by atoms with E-state index >= 15 is 0 Å². The molecule has 2 aromatic rings. The van der Waals surface area contributed by atoms with Crippen molar-refractivity contribution in [3.05, 3.63) is 40.9 Å². The van der Waals surface area contributed by atoms with Crippen LogP contribution in [0.3, 0.4) is 0 Å². The third-order valence-electron chi connectivity index (χ3n) is 1.89. The summed E-state index contributed by atoms with van der Waals surface area (Å²) >= 11 is 0. The zero-order chi connectivity index (χ0) is 10.1. The van der Waals surface area contributed by atoms with Gasteiger partial charge in [-0.2, -0.15) is 0 Å². The number of hydrogen-bond acceptors (Lipinski definition) is 3. The second kappa shape index (κ2) is 2.95. The molecule has 0 aliphatic heterocycles. The van der Waals surface area contributed by atoms with Gasteiger partial charge < -0.3 is 15.8 Å². The quantitative estimate of drug-likeness (QED) is 0.572. The van der Waals surface area contributed by atoms with Gasteiger partial charge in [-0.15, -0.1) is 0 Å². The lowest BCUT2D eigenvalue weighted by atomic mass is 10.3. The molecule has 0 saturated carbocycles. The Labute approximate surface area is 79.4 Å². The molecule has 5 heteroatoms. The normalized spacial score (nSPS) is 10.3. The number of benzene rings is 1. The third-order valence-corrected chi connectivity index (χ3v) is 1.89. The van der Waals surface area contributed by atoms with Crippen LogP contribution < -0.4 is 11.4 Å². The van der Waals surface area contributed by atoms with Crippen LogP contribution in [0.25, 0.3) is 5.69 Å². The van der Waals surface area contributed by atoms with Gasteiger partial charge in [0.15, 0.2) is 0 Å². The summed E-state index contributed by atoms with van der Waals surface area (Å²) in [5.74, 6) is -0.138. The molecule has 2 rings (SSSR count). The van der Waals surface area contributed by atoms with Gasteiger partial charge in [0, 0.05) is 5.69 Å². The predicted molar refractivity (Wildman–Crippen MR) is 52.5 cm³/mol. The van der Waals surface area contributed by atoms with E-state index in [-0.39, 0.29) is 5.88 Å². The monoisotopic (exact) mass is 191 g/mol. The molecule has 5 nitrogen and oxygen atoms in total. The van der Waals surface area contributed by atoms with Gasteiger partial charge in [0.2, 0.25) is 5.88 Å². The predicted octanol–water partition coefficient (Wildman–Crippen LogP) is 0.453. The van der Waals surface area contributed by atoms with Gasteiger partial charge >= 0.3 is 5.69 Å². The Morgan fingerprint density at radius 3 is 2.79 bits per heavy atom. The van der Waals surface area contributed by atoms with Crippen LogP contribution in [0.2, 0.25) is 0 Å². The first-order chi connectivity index (χ1) is 6.68. The standard InChI is InChI=1S/C9H9N3O2/c10-6-2-1-3-7(4-6)12-8(13)5-11-9(12)14/h1-5,13H,10H2,(H,11,14). The lowest BCUT2D eigenvalue weighted by Gasteiger charge is -2.02. The van der Waals surface area contributed by atoms with Crippen molar-refractivity contribution in [3.8, 4) is 11.6 Å². The third kappa shape index (κ3) is 1.24. The Balaban J connectivity index is 2.66. The van der Waals surface area contributed by atoms with E-state index in [0.29, 0.717) is 11.4 Å². The highest BCUT2D eigenvalue weighted by atomic mass is 16.3. The molecule has 0 radical (unpaired) electrons. The fourth-order valence-electron chi connectivity index (χ4n) is 1.27. The van der Waals surface area contributed by atoms with Gasteiger partial charge in [0.25, 0.3) is 0 Å². The number of rotatable bonds is 1. The molecule has 0 aliphatic rings. The van der Waals surface area contributed by atoms with Crippen LogP contribution in [0.1, 0.15) is 0 Å². The summed E-state index contributed by atoms with van der Waals surface area (Å²) in [6, 6.07) is 6.71. The highest BCUT2D eigenvalue weighted by Crippen LogP contribution is 2.15. The van der Waals surface area contributed by atoms with Crippen LogP contribution in [0.15, 0.2) is 35.3 Å². The smallest absolute Gasteiger partial charge is 0.333 e. The van der Waals surface area contributed by atoms with Gasteiger partial charge in [0.1, 0.15) is 0 Å².